The molecule has 1 unspecified atom stereocenters. The number of hydrogen-bond acceptors (Lipinski definition) is 4. The van der Waals surface area contributed by atoms with Gasteiger partial charge < -0.3 is 10.4 Å². The van der Waals surface area contributed by atoms with Crippen molar-refractivity contribution in [2.24, 2.45) is 5.92 Å². The van der Waals surface area contributed by atoms with Crippen molar-refractivity contribution in [1.29, 1.82) is 0 Å². The van der Waals surface area contributed by atoms with Crippen molar-refractivity contribution in [2.45, 2.75) is 46.0 Å². The van der Waals surface area contributed by atoms with Crippen LogP contribution in [0.5, 0.6) is 0 Å². The van der Waals surface area contributed by atoms with Crippen LogP contribution in [-0.2, 0) is 6.42 Å². The summed E-state index contributed by atoms with van der Waals surface area (Å²) in [6, 6.07) is 1.75. The van der Waals surface area contributed by atoms with Crippen LogP contribution in [0.1, 0.15) is 45.4 Å². The highest BCUT2D eigenvalue weighted by Crippen LogP contribution is 2.15. The highest BCUT2D eigenvalue weighted by atomic mass is 35.5. The molecule has 0 aliphatic heterocycles. The SMILES string of the molecule is CCCc1nc(Cl)cc(NCC(CCC)CCO)n1. The summed E-state index contributed by atoms with van der Waals surface area (Å²) in [5.41, 5.74) is 0. The van der Waals surface area contributed by atoms with Crippen molar-refractivity contribution in [3.05, 3.63) is 17.0 Å². The molecule has 0 saturated heterocycles. The van der Waals surface area contributed by atoms with Gasteiger partial charge >= 0.3 is 0 Å². The maximum absolute atomic E-state index is 9.04. The topological polar surface area (TPSA) is 58.0 Å². The number of halogens is 1. The number of aliphatic hydroxyl groups is 1. The molecule has 0 saturated carbocycles. The van der Waals surface area contributed by atoms with Crippen LogP contribution in [0, 0.1) is 5.92 Å². The third kappa shape index (κ3) is 6.21. The zero-order chi connectivity index (χ0) is 14.1. The Morgan fingerprint density at radius 2 is 2.05 bits per heavy atom. The van der Waals surface area contributed by atoms with Gasteiger partial charge in [-0.15, -0.1) is 0 Å². The Kier molecular flexibility index (Phi) is 7.75. The number of nitrogens with one attached hydrogen (secondary N) is 1. The molecule has 19 heavy (non-hydrogen) atoms. The van der Waals surface area contributed by atoms with E-state index in [4.69, 9.17) is 16.7 Å². The van der Waals surface area contributed by atoms with Crippen molar-refractivity contribution in [2.75, 3.05) is 18.5 Å². The maximum Gasteiger partial charge on any atom is 0.134 e. The number of hydrogen-bond donors (Lipinski definition) is 2. The van der Waals surface area contributed by atoms with Gasteiger partial charge in [-0.1, -0.05) is 31.9 Å². The van der Waals surface area contributed by atoms with Gasteiger partial charge in [0, 0.05) is 25.6 Å². The average Bonchev–Trinajstić information content (AvgIpc) is 2.36. The highest BCUT2D eigenvalue weighted by molar-refractivity contribution is 6.29. The minimum Gasteiger partial charge on any atom is -0.396 e. The van der Waals surface area contributed by atoms with Crippen molar-refractivity contribution in [3.8, 4) is 0 Å². The number of nitrogens with zero attached hydrogens (tertiary/aromatic N) is 2. The van der Waals surface area contributed by atoms with E-state index < -0.39 is 0 Å². The van der Waals surface area contributed by atoms with Gasteiger partial charge in [0.15, 0.2) is 0 Å². The summed E-state index contributed by atoms with van der Waals surface area (Å²) in [6.45, 7) is 5.30. The molecule has 0 aliphatic carbocycles. The summed E-state index contributed by atoms with van der Waals surface area (Å²) in [5.74, 6) is 2.03. The molecule has 5 heteroatoms. The highest BCUT2D eigenvalue weighted by Gasteiger charge is 2.08. The summed E-state index contributed by atoms with van der Waals surface area (Å²) < 4.78 is 0. The second-order valence-electron chi connectivity index (χ2n) is 4.79. The van der Waals surface area contributed by atoms with Crippen molar-refractivity contribution in [3.63, 3.8) is 0 Å². The van der Waals surface area contributed by atoms with E-state index in [1.165, 1.54) is 0 Å². The molecule has 0 aliphatic rings. The Labute approximate surface area is 120 Å². The average molecular weight is 286 g/mol. The lowest BCUT2D eigenvalue weighted by atomic mass is 10.0. The molecule has 0 spiro atoms. The molecular formula is C14H24ClN3O. The molecule has 0 radical (unpaired) electrons. The summed E-state index contributed by atoms with van der Waals surface area (Å²) >= 11 is 5.99. The minimum atomic E-state index is 0.234. The third-order valence-corrected chi connectivity index (χ3v) is 3.21. The second-order valence-corrected chi connectivity index (χ2v) is 5.18. The number of rotatable bonds is 9. The second kappa shape index (κ2) is 9.10. The van der Waals surface area contributed by atoms with Crippen LogP contribution in [0.3, 0.4) is 0 Å². The van der Waals surface area contributed by atoms with Gasteiger partial charge in [-0.3, -0.25) is 0 Å². The van der Waals surface area contributed by atoms with E-state index in [0.29, 0.717) is 11.1 Å². The summed E-state index contributed by atoms with van der Waals surface area (Å²) in [4.78, 5) is 8.64. The quantitative estimate of drug-likeness (QED) is 0.684. The zero-order valence-corrected chi connectivity index (χ0v) is 12.6. The molecule has 2 N–H and O–H groups in total. The fourth-order valence-electron chi connectivity index (χ4n) is 2.08. The minimum absolute atomic E-state index is 0.234. The van der Waals surface area contributed by atoms with E-state index >= 15 is 0 Å². The van der Waals surface area contributed by atoms with Gasteiger partial charge in [0.25, 0.3) is 0 Å². The zero-order valence-electron chi connectivity index (χ0n) is 11.8. The fourth-order valence-corrected chi connectivity index (χ4v) is 2.28. The molecule has 4 nitrogen and oxygen atoms in total. The first-order valence-electron chi connectivity index (χ1n) is 7.07. The molecule has 1 rings (SSSR count). The predicted octanol–water partition coefficient (Wildman–Crippen LogP) is 3.29. The number of aryl methyl sites for hydroxylation is 1. The molecule has 0 aromatic carbocycles. The van der Waals surface area contributed by atoms with Crippen molar-refractivity contribution >= 4 is 17.4 Å². The lowest BCUT2D eigenvalue weighted by Gasteiger charge is -2.16. The largest absolute Gasteiger partial charge is 0.396 e. The first-order valence-corrected chi connectivity index (χ1v) is 7.45. The fraction of sp³-hybridized carbons (Fsp3) is 0.714. The molecule has 0 bridgehead atoms. The van der Waals surface area contributed by atoms with E-state index in [9.17, 15) is 0 Å². The van der Waals surface area contributed by atoms with Crippen LogP contribution in [0.2, 0.25) is 5.15 Å². The Bertz CT molecular complexity index is 368. The van der Waals surface area contributed by atoms with Crippen LogP contribution in [-0.4, -0.2) is 28.2 Å². The van der Waals surface area contributed by atoms with Crippen LogP contribution in [0.25, 0.3) is 0 Å². The monoisotopic (exact) mass is 285 g/mol. The van der Waals surface area contributed by atoms with Crippen LogP contribution >= 0.6 is 11.6 Å². The number of anilines is 1. The molecule has 0 amide bonds. The van der Waals surface area contributed by atoms with Crippen molar-refractivity contribution < 1.29 is 5.11 Å². The molecule has 1 aromatic rings. The van der Waals surface area contributed by atoms with Gasteiger partial charge in [0.05, 0.1) is 0 Å². The predicted molar refractivity (Wildman–Crippen MR) is 79.6 cm³/mol. The molecule has 1 aromatic heterocycles. The number of aromatic nitrogens is 2. The first-order chi connectivity index (χ1) is 9.19. The standard InChI is InChI=1S/C14H24ClN3O/c1-3-5-11(7-8-19)10-16-14-9-12(15)17-13(18-14)6-4-2/h9,11,19H,3-8,10H2,1-2H3,(H,16,17,18). The molecular weight excluding hydrogens is 262 g/mol. The van der Waals surface area contributed by atoms with Gasteiger partial charge in [0.1, 0.15) is 16.8 Å². The van der Waals surface area contributed by atoms with Crippen LogP contribution < -0.4 is 5.32 Å². The first kappa shape index (κ1) is 16.2. The van der Waals surface area contributed by atoms with Gasteiger partial charge in [-0.25, -0.2) is 9.97 Å². The molecule has 1 atom stereocenters. The molecule has 108 valence electrons. The van der Waals surface area contributed by atoms with E-state index in [0.717, 1.165) is 50.3 Å². The smallest absolute Gasteiger partial charge is 0.134 e. The van der Waals surface area contributed by atoms with Gasteiger partial charge in [-0.05, 0) is 25.2 Å². The van der Waals surface area contributed by atoms with E-state index in [2.05, 4.69) is 29.1 Å². The number of aliphatic hydroxyl groups excluding tert-OH is 1. The summed E-state index contributed by atoms with van der Waals surface area (Å²) in [5, 5.41) is 12.8. The van der Waals surface area contributed by atoms with Gasteiger partial charge in [0.2, 0.25) is 0 Å². The Balaban J connectivity index is 2.59. The van der Waals surface area contributed by atoms with Crippen LogP contribution in [0.4, 0.5) is 5.82 Å². The summed E-state index contributed by atoms with van der Waals surface area (Å²) in [6.07, 6.45) is 4.89. The Morgan fingerprint density at radius 3 is 2.68 bits per heavy atom. The molecule has 1 heterocycles. The lowest BCUT2D eigenvalue weighted by Crippen LogP contribution is -2.16. The van der Waals surface area contributed by atoms with Gasteiger partial charge in [-0.2, -0.15) is 0 Å². The maximum atomic E-state index is 9.04. The van der Waals surface area contributed by atoms with Crippen molar-refractivity contribution in [1.82, 2.24) is 9.97 Å². The van der Waals surface area contributed by atoms with E-state index in [-0.39, 0.29) is 6.61 Å². The third-order valence-electron chi connectivity index (χ3n) is 3.02. The van der Waals surface area contributed by atoms with E-state index in [1.807, 2.05) is 0 Å². The normalized spacial score (nSPS) is 12.4. The Hall–Kier alpha value is -0.870. The molecule has 0 fully saturated rings. The lowest BCUT2D eigenvalue weighted by molar-refractivity contribution is 0.255. The van der Waals surface area contributed by atoms with Crippen LogP contribution in [0.15, 0.2) is 6.07 Å². The Morgan fingerprint density at radius 1 is 1.26 bits per heavy atom. The van der Waals surface area contributed by atoms with E-state index in [1.54, 1.807) is 6.07 Å². The summed E-state index contributed by atoms with van der Waals surface area (Å²) in [7, 11) is 0.